The largest absolute Gasteiger partial charge is 0.426 e. The molecule has 0 amide bonds. The van der Waals surface area contributed by atoms with Gasteiger partial charge in [-0.3, -0.25) is 14.4 Å². The summed E-state index contributed by atoms with van der Waals surface area (Å²) in [7, 11) is 0. The van der Waals surface area contributed by atoms with Crippen molar-refractivity contribution >= 4 is 17.9 Å². The van der Waals surface area contributed by atoms with Gasteiger partial charge in [0.2, 0.25) is 0 Å². The van der Waals surface area contributed by atoms with Crippen molar-refractivity contribution in [3.05, 3.63) is 59.7 Å². The van der Waals surface area contributed by atoms with Crippen molar-refractivity contribution in [3.63, 3.8) is 0 Å². The third kappa shape index (κ3) is 6.84. The molecule has 0 saturated carbocycles. The van der Waals surface area contributed by atoms with Gasteiger partial charge in [-0.2, -0.15) is 0 Å². The van der Waals surface area contributed by atoms with Gasteiger partial charge in [-0.1, -0.05) is 45.0 Å². The number of rotatable bonds is 10. The monoisotopic (exact) mass is 478 g/mol. The van der Waals surface area contributed by atoms with E-state index in [-0.39, 0.29) is 30.4 Å². The van der Waals surface area contributed by atoms with Crippen LogP contribution in [0, 0.1) is 11.6 Å². The Bertz CT molecular complexity index is 987. The molecule has 0 aromatic heterocycles. The average molecular weight is 478 g/mol. The van der Waals surface area contributed by atoms with Crippen LogP contribution in [0.4, 0.5) is 8.78 Å². The summed E-state index contributed by atoms with van der Waals surface area (Å²) in [6.45, 7) is 5.86. The Morgan fingerprint density at radius 3 is 1.71 bits per heavy atom. The molecule has 2 aromatic carbocycles. The van der Waals surface area contributed by atoms with Gasteiger partial charge in [-0.15, -0.1) is 0 Å². The molecular weight excluding hydrogens is 450 g/mol. The number of aliphatic hydroxyl groups is 1. The Balaban J connectivity index is 2.43. The maximum Gasteiger partial charge on any atom is 0.426 e. The van der Waals surface area contributed by atoms with E-state index in [2.05, 4.69) is 0 Å². The molecule has 34 heavy (non-hydrogen) atoms. The third-order valence-corrected chi connectivity index (χ3v) is 4.98. The van der Waals surface area contributed by atoms with Crippen LogP contribution in [-0.2, 0) is 34.2 Å². The molecule has 0 aliphatic rings. The van der Waals surface area contributed by atoms with Crippen LogP contribution >= 0.6 is 0 Å². The fourth-order valence-electron chi connectivity index (χ4n) is 3.16. The standard InChI is InChI=1S/C25H28F2O7/c1-5-21(28)32-25(33-22(29)6-2,34-23(30)7-3)15-24(4,31)17-10-8-16(9-11-17)19-13-12-18(26)14-20(19)27/h8-14,31H,5-7,15H2,1-4H3. The van der Waals surface area contributed by atoms with E-state index < -0.39 is 47.5 Å². The van der Waals surface area contributed by atoms with Crippen LogP contribution in [0.2, 0.25) is 0 Å². The second kappa shape index (κ2) is 11.2. The highest BCUT2D eigenvalue weighted by atomic mass is 19.1. The quantitative estimate of drug-likeness (QED) is 0.389. The van der Waals surface area contributed by atoms with Gasteiger partial charge in [0, 0.05) is 30.9 Å². The number of ether oxygens (including phenoxy) is 3. The molecular formula is C25H28F2O7. The van der Waals surface area contributed by atoms with Gasteiger partial charge in [0.05, 0.1) is 5.60 Å². The Kier molecular flexibility index (Phi) is 8.86. The first-order chi connectivity index (χ1) is 15.9. The summed E-state index contributed by atoms with van der Waals surface area (Å²) < 4.78 is 43.1. The summed E-state index contributed by atoms with van der Waals surface area (Å²) in [5, 5.41) is 11.2. The highest BCUT2D eigenvalue weighted by molar-refractivity contribution is 5.73. The van der Waals surface area contributed by atoms with E-state index in [1.165, 1.54) is 58.0 Å². The molecule has 9 heteroatoms. The zero-order chi connectivity index (χ0) is 25.5. The van der Waals surface area contributed by atoms with Crippen molar-refractivity contribution in [1.29, 1.82) is 0 Å². The van der Waals surface area contributed by atoms with Gasteiger partial charge in [-0.25, -0.2) is 8.78 Å². The first-order valence-electron chi connectivity index (χ1n) is 10.9. The van der Waals surface area contributed by atoms with Gasteiger partial charge >= 0.3 is 23.9 Å². The summed E-state index contributed by atoms with van der Waals surface area (Å²) in [5.74, 6) is -6.38. The van der Waals surface area contributed by atoms with Crippen molar-refractivity contribution in [3.8, 4) is 11.1 Å². The number of hydrogen-bond acceptors (Lipinski definition) is 7. The maximum absolute atomic E-state index is 14.1. The van der Waals surface area contributed by atoms with Gasteiger partial charge in [0.25, 0.3) is 0 Å². The van der Waals surface area contributed by atoms with Crippen molar-refractivity contribution in [1.82, 2.24) is 0 Å². The number of esters is 3. The fraction of sp³-hybridized carbons (Fsp3) is 0.400. The number of carbonyl (C=O) groups excluding carboxylic acids is 3. The van der Waals surface area contributed by atoms with Crippen LogP contribution in [0.3, 0.4) is 0 Å². The van der Waals surface area contributed by atoms with E-state index in [1.54, 1.807) is 0 Å². The Morgan fingerprint density at radius 1 is 0.824 bits per heavy atom. The normalized spacial score (nSPS) is 13.0. The van der Waals surface area contributed by atoms with Crippen LogP contribution < -0.4 is 0 Å². The molecule has 7 nitrogen and oxygen atoms in total. The lowest BCUT2D eigenvalue weighted by molar-refractivity contribution is -0.344. The summed E-state index contributed by atoms with van der Waals surface area (Å²) in [6, 6.07) is 9.16. The van der Waals surface area contributed by atoms with Crippen LogP contribution in [0.25, 0.3) is 11.1 Å². The van der Waals surface area contributed by atoms with Crippen molar-refractivity contribution < 1.29 is 42.5 Å². The van der Waals surface area contributed by atoms with Gasteiger partial charge in [0.15, 0.2) is 0 Å². The molecule has 1 N–H and O–H groups in total. The van der Waals surface area contributed by atoms with Crippen molar-refractivity contribution in [2.45, 2.75) is 65.0 Å². The second-order valence-corrected chi connectivity index (χ2v) is 7.82. The minimum atomic E-state index is -2.49. The lowest BCUT2D eigenvalue weighted by Gasteiger charge is -2.36. The minimum absolute atomic E-state index is 0.102. The predicted molar refractivity (Wildman–Crippen MR) is 118 cm³/mol. The minimum Gasteiger partial charge on any atom is -0.388 e. The molecule has 0 fully saturated rings. The number of halogens is 2. The topological polar surface area (TPSA) is 99.1 Å². The summed E-state index contributed by atoms with van der Waals surface area (Å²) >= 11 is 0. The first kappa shape index (κ1) is 26.9. The van der Waals surface area contributed by atoms with Gasteiger partial charge < -0.3 is 19.3 Å². The van der Waals surface area contributed by atoms with Crippen molar-refractivity contribution in [2.75, 3.05) is 0 Å². The zero-order valence-corrected chi connectivity index (χ0v) is 19.5. The molecule has 0 radical (unpaired) electrons. The number of carbonyl (C=O) groups is 3. The molecule has 0 spiro atoms. The SMILES string of the molecule is CCC(=O)OC(CC(C)(O)c1ccc(-c2ccc(F)cc2F)cc1)(OC(=O)CC)OC(=O)CC. The van der Waals surface area contributed by atoms with E-state index >= 15 is 0 Å². The molecule has 2 rings (SSSR count). The van der Waals surface area contributed by atoms with E-state index in [1.807, 2.05) is 0 Å². The van der Waals surface area contributed by atoms with E-state index in [0.717, 1.165) is 12.1 Å². The Labute approximate surface area is 196 Å². The highest BCUT2D eigenvalue weighted by Gasteiger charge is 2.49. The summed E-state index contributed by atoms with van der Waals surface area (Å²) in [5.41, 5.74) is -0.963. The smallest absolute Gasteiger partial charge is 0.388 e. The molecule has 1 atom stereocenters. The summed E-state index contributed by atoms with van der Waals surface area (Å²) in [6.07, 6.45) is -0.924. The van der Waals surface area contributed by atoms with Crippen LogP contribution in [0.1, 0.15) is 58.9 Å². The third-order valence-electron chi connectivity index (χ3n) is 4.98. The highest BCUT2D eigenvalue weighted by Crippen LogP contribution is 2.36. The van der Waals surface area contributed by atoms with E-state index in [0.29, 0.717) is 5.56 Å². The number of benzene rings is 2. The molecule has 184 valence electrons. The molecule has 0 aliphatic heterocycles. The van der Waals surface area contributed by atoms with E-state index in [9.17, 15) is 28.3 Å². The maximum atomic E-state index is 14.1. The predicted octanol–water partition coefficient (Wildman–Crippen LogP) is 4.74. The average Bonchev–Trinajstić information content (AvgIpc) is 2.78. The van der Waals surface area contributed by atoms with E-state index in [4.69, 9.17) is 14.2 Å². The van der Waals surface area contributed by atoms with Gasteiger partial charge in [-0.05, 0) is 30.2 Å². The van der Waals surface area contributed by atoms with Gasteiger partial charge in [0.1, 0.15) is 18.1 Å². The number of hydrogen-bond donors (Lipinski definition) is 1. The molecule has 0 bridgehead atoms. The molecule has 2 aromatic rings. The molecule has 1 unspecified atom stereocenters. The second-order valence-electron chi connectivity index (χ2n) is 7.82. The lowest BCUT2D eigenvalue weighted by Crippen LogP contribution is -2.49. The first-order valence-corrected chi connectivity index (χ1v) is 10.9. The Morgan fingerprint density at radius 2 is 1.29 bits per heavy atom. The zero-order valence-electron chi connectivity index (χ0n) is 19.5. The lowest BCUT2D eigenvalue weighted by atomic mass is 9.89. The summed E-state index contributed by atoms with van der Waals surface area (Å²) in [4.78, 5) is 36.3. The Hall–Kier alpha value is -3.33. The molecule has 0 saturated heterocycles. The van der Waals surface area contributed by atoms with Crippen LogP contribution in [0.15, 0.2) is 42.5 Å². The molecule has 0 heterocycles. The van der Waals surface area contributed by atoms with Crippen LogP contribution in [-0.4, -0.2) is 29.0 Å². The fourth-order valence-corrected chi connectivity index (χ4v) is 3.16. The van der Waals surface area contributed by atoms with Crippen LogP contribution in [0.5, 0.6) is 0 Å². The van der Waals surface area contributed by atoms with Crippen molar-refractivity contribution in [2.24, 2.45) is 0 Å². The molecule has 0 aliphatic carbocycles.